The van der Waals surface area contributed by atoms with Crippen LogP contribution in [0.5, 0.6) is 0 Å². The Labute approximate surface area is 108 Å². The second-order valence-corrected chi connectivity index (χ2v) is 5.20. The third-order valence-corrected chi connectivity index (χ3v) is 4.22. The zero-order chi connectivity index (χ0) is 13.2. The summed E-state index contributed by atoms with van der Waals surface area (Å²) in [5.41, 5.74) is 6.60. The van der Waals surface area contributed by atoms with Gasteiger partial charge in [-0.25, -0.2) is 0 Å². The first-order chi connectivity index (χ1) is 8.59. The summed E-state index contributed by atoms with van der Waals surface area (Å²) in [5, 5.41) is 7.08. The molecule has 1 amide bonds. The number of rotatable bonds is 4. The molecule has 1 aliphatic rings. The van der Waals surface area contributed by atoms with E-state index in [4.69, 9.17) is 5.73 Å². The zero-order valence-corrected chi connectivity index (χ0v) is 11.2. The molecule has 1 saturated carbocycles. The third kappa shape index (κ3) is 2.21. The van der Waals surface area contributed by atoms with Crippen molar-refractivity contribution in [3.05, 3.63) is 11.8 Å². The number of hydrogen-bond donors (Lipinski definition) is 2. The molecule has 0 bridgehead atoms. The highest BCUT2D eigenvalue weighted by Crippen LogP contribution is 2.41. The number of nitrogens with one attached hydrogen (secondary N) is 1. The number of nitrogen functional groups attached to an aromatic ring is 1. The van der Waals surface area contributed by atoms with Gasteiger partial charge in [-0.15, -0.1) is 0 Å². The predicted octanol–water partition coefficient (Wildman–Crippen LogP) is 1.59. The van der Waals surface area contributed by atoms with Crippen molar-refractivity contribution in [1.82, 2.24) is 15.1 Å². The first-order valence-electron chi connectivity index (χ1n) is 6.64. The molecule has 0 radical (unpaired) electrons. The lowest BCUT2D eigenvalue weighted by Gasteiger charge is -2.25. The molecule has 1 aromatic rings. The van der Waals surface area contributed by atoms with Crippen LogP contribution < -0.4 is 11.1 Å². The third-order valence-electron chi connectivity index (χ3n) is 4.22. The molecule has 0 atom stereocenters. The lowest BCUT2D eigenvalue weighted by atomic mass is 9.82. The molecule has 1 fully saturated rings. The van der Waals surface area contributed by atoms with Crippen molar-refractivity contribution in [2.24, 2.45) is 12.5 Å². The second-order valence-electron chi connectivity index (χ2n) is 5.20. The van der Waals surface area contributed by atoms with E-state index in [0.29, 0.717) is 12.4 Å². The maximum absolute atomic E-state index is 12.3. The monoisotopic (exact) mass is 250 g/mol. The van der Waals surface area contributed by atoms with E-state index >= 15 is 0 Å². The van der Waals surface area contributed by atoms with Crippen molar-refractivity contribution in [3.63, 3.8) is 0 Å². The average molecular weight is 250 g/mol. The summed E-state index contributed by atoms with van der Waals surface area (Å²) in [6, 6.07) is 0. The van der Waals surface area contributed by atoms with Gasteiger partial charge in [0.15, 0.2) is 0 Å². The lowest BCUT2D eigenvalue weighted by Crippen LogP contribution is -2.38. The Morgan fingerprint density at radius 3 is 2.72 bits per heavy atom. The molecule has 3 N–H and O–H groups in total. The number of aromatic nitrogens is 2. The molecule has 0 aliphatic heterocycles. The summed E-state index contributed by atoms with van der Waals surface area (Å²) in [4.78, 5) is 12.3. The minimum Gasteiger partial charge on any atom is -0.384 e. The van der Waals surface area contributed by atoms with Crippen LogP contribution in [0.2, 0.25) is 0 Å². The van der Waals surface area contributed by atoms with Gasteiger partial charge in [0.1, 0.15) is 5.82 Å². The van der Waals surface area contributed by atoms with E-state index in [9.17, 15) is 4.79 Å². The Morgan fingerprint density at radius 2 is 2.22 bits per heavy atom. The number of carbonyl (C=O) groups excluding carboxylic acids is 1. The Hall–Kier alpha value is -1.52. The molecule has 0 unspecified atom stereocenters. The van der Waals surface area contributed by atoms with Crippen molar-refractivity contribution in [3.8, 4) is 0 Å². The van der Waals surface area contributed by atoms with Crippen LogP contribution >= 0.6 is 0 Å². The van der Waals surface area contributed by atoms with Gasteiger partial charge in [0.2, 0.25) is 5.91 Å². The molecule has 0 aromatic carbocycles. The van der Waals surface area contributed by atoms with Gasteiger partial charge in [-0.2, -0.15) is 5.10 Å². The average Bonchev–Trinajstić information content (AvgIpc) is 2.97. The van der Waals surface area contributed by atoms with Crippen LogP contribution in [-0.4, -0.2) is 15.7 Å². The fourth-order valence-electron chi connectivity index (χ4n) is 2.78. The second kappa shape index (κ2) is 5.00. The van der Waals surface area contributed by atoms with E-state index in [1.165, 1.54) is 0 Å². The molecule has 0 spiro atoms. The van der Waals surface area contributed by atoms with Crippen molar-refractivity contribution in [2.45, 2.75) is 45.6 Å². The smallest absolute Gasteiger partial charge is 0.226 e. The summed E-state index contributed by atoms with van der Waals surface area (Å²) in [6.07, 6.45) is 6.98. The maximum atomic E-state index is 12.3. The number of amides is 1. The Balaban J connectivity index is 1.98. The largest absolute Gasteiger partial charge is 0.384 e. The van der Waals surface area contributed by atoms with Crippen LogP contribution in [0.15, 0.2) is 6.20 Å². The van der Waals surface area contributed by atoms with Crippen LogP contribution in [0.4, 0.5) is 5.82 Å². The lowest BCUT2D eigenvalue weighted by molar-refractivity contribution is -0.131. The van der Waals surface area contributed by atoms with Crippen molar-refractivity contribution < 1.29 is 4.79 Å². The molecule has 5 heteroatoms. The summed E-state index contributed by atoms with van der Waals surface area (Å²) in [5.74, 6) is 0.790. The first kappa shape index (κ1) is 12.9. The summed E-state index contributed by atoms with van der Waals surface area (Å²) >= 11 is 0. The van der Waals surface area contributed by atoms with E-state index in [1.54, 1.807) is 17.9 Å². The van der Waals surface area contributed by atoms with Gasteiger partial charge in [0, 0.05) is 24.6 Å². The Morgan fingerprint density at radius 1 is 1.56 bits per heavy atom. The van der Waals surface area contributed by atoms with Crippen LogP contribution in [0.3, 0.4) is 0 Å². The normalized spacial score (nSPS) is 17.9. The molecule has 1 aliphatic carbocycles. The molecular formula is C13H22N4O. The van der Waals surface area contributed by atoms with Gasteiger partial charge >= 0.3 is 0 Å². The van der Waals surface area contributed by atoms with Crippen molar-refractivity contribution in [1.29, 1.82) is 0 Å². The molecule has 1 heterocycles. The highest BCUT2D eigenvalue weighted by Gasteiger charge is 2.39. The SMILES string of the molecule is CCC1(C(=O)NCc2cnn(C)c2N)CCCC1. The number of hydrogen-bond acceptors (Lipinski definition) is 3. The highest BCUT2D eigenvalue weighted by molar-refractivity contribution is 5.82. The maximum Gasteiger partial charge on any atom is 0.226 e. The standard InChI is InChI=1S/C13H22N4O/c1-3-13(6-4-5-7-13)12(18)15-8-10-9-16-17(2)11(10)14/h9H,3-8,14H2,1-2H3,(H,15,18). The quantitative estimate of drug-likeness (QED) is 0.852. The van der Waals surface area contributed by atoms with Crippen LogP contribution in [0.1, 0.15) is 44.6 Å². The van der Waals surface area contributed by atoms with Crippen LogP contribution in [-0.2, 0) is 18.4 Å². The molecule has 0 saturated heterocycles. The zero-order valence-electron chi connectivity index (χ0n) is 11.2. The number of nitrogens with zero attached hydrogens (tertiary/aromatic N) is 2. The molecule has 2 rings (SSSR count). The van der Waals surface area contributed by atoms with Gasteiger partial charge < -0.3 is 11.1 Å². The number of anilines is 1. The van der Waals surface area contributed by atoms with E-state index < -0.39 is 0 Å². The van der Waals surface area contributed by atoms with Crippen molar-refractivity contribution >= 4 is 11.7 Å². The van der Waals surface area contributed by atoms with Gasteiger partial charge in [0.25, 0.3) is 0 Å². The van der Waals surface area contributed by atoms with Crippen molar-refractivity contribution in [2.75, 3.05) is 5.73 Å². The summed E-state index contributed by atoms with van der Waals surface area (Å²) in [7, 11) is 1.80. The fraction of sp³-hybridized carbons (Fsp3) is 0.692. The fourth-order valence-corrected chi connectivity index (χ4v) is 2.78. The summed E-state index contributed by atoms with van der Waals surface area (Å²) < 4.78 is 1.62. The van der Waals surface area contributed by atoms with Crippen LogP contribution in [0, 0.1) is 5.41 Å². The van der Waals surface area contributed by atoms with Gasteiger partial charge in [-0.05, 0) is 19.3 Å². The van der Waals surface area contributed by atoms with Gasteiger partial charge in [0.05, 0.1) is 6.20 Å². The highest BCUT2D eigenvalue weighted by atomic mass is 16.2. The number of nitrogens with two attached hydrogens (primary N) is 1. The number of carbonyl (C=O) groups is 1. The minimum absolute atomic E-state index is 0.142. The Kier molecular flexibility index (Phi) is 3.59. The number of aryl methyl sites for hydroxylation is 1. The van der Waals surface area contributed by atoms with E-state index in [0.717, 1.165) is 37.7 Å². The van der Waals surface area contributed by atoms with Crippen LogP contribution in [0.25, 0.3) is 0 Å². The minimum atomic E-state index is -0.142. The van der Waals surface area contributed by atoms with Gasteiger partial charge in [-0.1, -0.05) is 19.8 Å². The van der Waals surface area contributed by atoms with E-state index in [2.05, 4.69) is 17.3 Å². The topological polar surface area (TPSA) is 72.9 Å². The van der Waals surface area contributed by atoms with E-state index in [1.807, 2.05) is 0 Å². The van der Waals surface area contributed by atoms with E-state index in [-0.39, 0.29) is 11.3 Å². The molecule has 100 valence electrons. The van der Waals surface area contributed by atoms with Gasteiger partial charge in [-0.3, -0.25) is 9.48 Å². The first-order valence-corrected chi connectivity index (χ1v) is 6.64. The molecule has 18 heavy (non-hydrogen) atoms. The molecule has 5 nitrogen and oxygen atoms in total. The predicted molar refractivity (Wildman–Crippen MR) is 70.7 cm³/mol. The summed E-state index contributed by atoms with van der Waals surface area (Å²) in [6.45, 7) is 2.57. The molecule has 1 aromatic heterocycles. The Bertz CT molecular complexity index is 432. The molecular weight excluding hydrogens is 228 g/mol.